The second kappa shape index (κ2) is 9.93. The molecule has 156 valence electrons. The van der Waals surface area contributed by atoms with Gasteiger partial charge in [0.15, 0.2) is 0 Å². The van der Waals surface area contributed by atoms with Crippen molar-refractivity contribution in [2.75, 3.05) is 45.8 Å². The Morgan fingerprint density at radius 3 is 2.61 bits per heavy atom. The van der Waals surface area contributed by atoms with Gasteiger partial charge in [0.25, 0.3) is 5.91 Å². The van der Waals surface area contributed by atoms with Crippen LogP contribution in [0, 0.1) is 5.92 Å². The molecule has 1 amide bonds. The van der Waals surface area contributed by atoms with Crippen molar-refractivity contribution in [1.82, 2.24) is 19.7 Å². The molecule has 1 N–H and O–H groups in total. The molecule has 1 aromatic rings. The number of amides is 1. The van der Waals surface area contributed by atoms with Crippen LogP contribution < -0.4 is 0 Å². The molecular formula is C23H38N4O. The molecule has 3 heterocycles. The van der Waals surface area contributed by atoms with Crippen LogP contribution in [0.1, 0.15) is 68.1 Å². The minimum Gasteiger partial charge on any atom is -0.367 e. The summed E-state index contributed by atoms with van der Waals surface area (Å²) in [7, 11) is 0. The third-order valence-electron chi connectivity index (χ3n) is 7.14. The number of rotatable bonds is 7. The van der Waals surface area contributed by atoms with Crippen molar-refractivity contribution in [1.29, 1.82) is 0 Å². The predicted molar refractivity (Wildman–Crippen MR) is 114 cm³/mol. The van der Waals surface area contributed by atoms with Gasteiger partial charge in [0, 0.05) is 44.6 Å². The second-order valence-corrected chi connectivity index (χ2v) is 9.19. The van der Waals surface area contributed by atoms with Crippen LogP contribution in [0.15, 0.2) is 18.5 Å². The lowest BCUT2D eigenvalue weighted by Crippen LogP contribution is -2.47. The maximum absolute atomic E-state index is 13.2. The van der Waals surface area contributed by atoms with Gasteiger partial charge in [-0.25, -0.2) is 0 Å². The number of nitrogens with zero attached hydrogens (tertiary/aromatic N) is 3. The van der Waals surface area contributed by atoms with Gasteiger partial charge in [-0.15, -0.1) is 0 Å². The summed E-state index contributed by atoms with van der Waals surface area (Å²) in [4.78, 5) is 23.7. The third kappa shape index (κ3) is 5.18. The maximum atomic E-state index is 13.2. The molecule has 5 heteroatoms. The van der Waals surface area contributed by atoms with Crippen LogP contribution in [0.25, 0.3) is 0 Å². The van der Waals surface area contributed by atoms with E-state index >= 15 is 0 Å². The summed E-state index contributed by atoms with van der Waals surface area (Å²) >= 11 is 0. The van der Waals surface area contributed by atoms with Gasteiger partial charge in [0.05, 0.1) is 5.56 Å². The molecule has 28 heavy (non-hydrogen) atoms. The molecule has 0 aromatic carbocycles. The average molecular weight is 387 g/mol. The number of hydrogen-bond donors (Lipinski definition) is 1. The Morgan fingerprint density at radius 1 is 1.04 bits per heavy atom. The third-order valence-corrected chi connectivity index (χ3v) is 7.14. The smallest absolute Gasteiger partial charge is 0.255 e. The Kier molecular flexibility index (Phi) is 7.08. The Labute approximate surface area is 170 Å². The Balaban J connectivity index is 1.36. The van der Waals surface area contributed by atoms with E-state index in [4.69, 9.17) is 0 Å². The first-order valence-electron chi connectivity index (χ1n) is 11.7. The molecule has 1 atom stereocenters. The first-order chi connectivity index (χ1) is 13.8. The molecule has 5 nitrogen and oxygen atoms in total. The second-order valence-electron chi connectivity index (χ2n) is 9.19. The molecule has 3 aliphatic rings. The predicted octanol–water partition coefficient (Wildman–Crippen LogP) is 3.60. The number of carbonyl (C=O) groups excluding carboxylic acids is 1. The van der Waals surface area contributed by atoms with Crippen molar-refractivity contribution >= 4 is 5.91 Å². The van der Waals surface area contributed by atoms with E-state index in [2.05, 4.69) is 19.7 Å². The molecule has 2 saturated heterocycles. The van der Waals surface area contributed by atoms with Crippen LogP contribution in [-0.4, -0.2) is 77.4 Å². The van der Waals surface area contributed by atoms with Crippen LogP contribution in [0.5, 0.6) is 0 Å². The molecule has 1 saturated carbocycles. The zero-order valence-electron chi connectivity index (χ0n) is 17.5. The highest BCUT2D eigenvalue weighted by molar-refractivity contribution is 5.94. The summed E-state index contributed by atoms with van der Waals surface area (Å²) in [6, 6.07) is 2.73. The van der Waals surface area contributed by atoms with Gasteiger partial charge in [0.2, 0.25) is 0 Å². The molecule has 0 radical (unpaired) electrons. The van der Waals surface area contributed by atoms with Crippen LogP contribution >= 0.6 is 0 Å². The highest BCUT2D eigenvalue weighted by Gasteiger charge is 2.30. The van der Waals surface area contributed by atoms with E-state index in [1.54, 1.807) is 0 Å². The summed E-state index contributed by atoms with van der Waals surface area (Å²) in [6.07, 6.45) is 15.8. The van der Waals surface area contributed by atoms with Crippen LogP contribution in [0.4, 0.5) is 0 Å². The Bertz CT molecular complexity index is 590. The minimum atomic E-state index is 0.205. The number of H-pyrrole nitrogens is 1. The van der Waals surface area contributed by atoms with E-state index in [1.165, 1.54) is 84.0 Å². The lowest BCUT2D eigenvalue weighted by Gasteiger charge is -2.39. The summed E-state index contributed by atoms with van der Waals surface area (Å²) in [5.41, 5.74) is 0.808. The summed E-state index contributed by atoms with van der Waals surface area (Å²) < 4.78 is 0. The van der Waals surface area contributed by atoms with E-state index in [0.717, 1.165) is 31.2 Å². The highest BCUT2D eigenvalue weighted by atomic mass is 16.2. The molecule has 0 spiro atoms. The van der Waals surface area contributed by atoms with Crippen molar-refractivity contribution < 1.29 is 4.79 Å². The van der Waals surface area contributed by atoms with Gasteiger partial charge in [-0.05, 0) is 70.1 Å². The Morgan fingerprint density at radius 2 is 1.86 bits per heavy atom. The maximum Gasteiger partial charge on any atom is 0.255 e. The van der Waals surface area contributed by atoms with Gasteiger partial charge in [-0.2, -0.15) is 0 Å². The normalized spacial score (nSPS) is 25.2. The average Bonchev–Trinajstić information content (AvgIpc) is 3.46. The van der Waals surface area contributed by atoms with E-state index in [1.807, 2.05) is 18.5 Å². The van der Waals surface area contributed by atoms with E-state index in [-0.39, 0.29) is 5.91 Å². The van der Waals surface area contributed by atoms with Gasteiger partial charge in [-0.3, -0.25) is 4.79 Å². The van der Waals surface area contributed by atoms with Crippen molar-refractivity contribution in [2.45, 2.75) is 63.8 Å². The van der Waals surface area contributed by atoms with Gasteiger partial charge in [0.1, 0.15) is 0 Å². The number of hydrogen-bond acceptors (Lipinski definition) is 3. The minimum absolute atomic E-state index is 0.205. The van der Waals surface area contributed by atoms with Crippen LogP contribution in [0.2, 0.25) is 0 Å². The molecular weight excluding hydrogens is 348 g/mol. The summed E-state index contributed by atoms with van der Waals surface area (Å²) in [5, 5.41) is 0. The molecule has 0 bridgehead atoms. The fourth-order valence-corrected chi connectivity index (χ4v) is 5.52. The van der Waals surface area contributed by atoms with Crippen LogP contribution in [-0.2, 0) is 0 Å². The number of carbonyl (C=O) groups is 1. The zero-order valence-corrected chi connectivity index (χ0v) is 17.5. The number of piperidine rings is 2. The van der Waals surface area contributed by atoms with E-state index in [0.29, 0.717) is 5.92 Å². The van der Waals surface area contributed by atoms with Crippen molar-refractivity contribution in [3.63, 3.8) is 0 Å². The highest BCUT2D eigenvalue weighted by Crippen LogP contribution is 2.28. The molecule has 1 aromatic heterocycles. The first-order valence-corrected chi connectivity index (χ1v) is 11.7. The van der Waals surface area contributed by atoms with Gasteiger partial charge < -0.3 is 19.7 Å². The zero-order chi connectivity index (χ0) is 19.2. The number of likely N-dealkylation sites (tertiary alicyclic amines) is 2. The van der Waals surface area contributed by atoms with Crippen LogP contribution in [0.3, 0.4) is 0 Å². The molecule has 1 aliphatic carbocycles. The largest absolute Gasteiger partial charge is 0.367 e. The molecule has 1 unspecified atom stereocenters. The van der Waals surface area contributed by atoms with Crippen molar-refractivity contribution in [3.05, 3.63) is 24.0 Å². The lowest BCUT2D eigenvalue weighted by atomic mass is 9.95. The number of aromatic nitrogens is 1. The van der Waals surface area contributed by atoms with Gasteiger partial charge in [-0.1, -0.05) is 19.3 Å². The lowest BCUT2D eigenvalue weighted by molar-refractivity contribution is 0.0610. The molecule has 2 aliphatic heterocycles. The first kappa shape index (κ1) is 20.0. The SMILES string of the molecule is O=C(c1cc[nH]c1)N(CCN1CCCCC1)CC1CCCN(C2CCCC2)C1. The molecule has 4 rings (SSSR count). The standard InChI is InChI=1S/C23H38N4O/c28-23(21-10-11-24-17-21)27(16-15-25-12-4-1-5-13-25)19-20-7-6-14-26(18-20)22-8-2-3-9-22/h10-11,17,20,22,24H,1-9,12-16,18-19H2. The van der Waals surface area contributed by atoms with E-state index in [9.17, 15) is 4.79 Å². The number of nitrogens with one attached hydrogen (secondary N) is 1. The topological polar surface area (TPSA) is 42.6 Å². The Hall–Kier alpha value is -1.33. The van der Waals surface area contributed by atoms with E-state index < -0.39 is 0 Å². The van der Waals surface area contributed by atoms with Gasteiger partial charge >= 0.3 is 0 Å². The monoisotopic (exact) mass is 386 g/mol. The fourth-order valence-electron chi connectivity index (χ4n) is 5.52. The summed E-state index contributed by atoms with van der Waals surface area (Å²) in [5.74, 6) is 0.829. The summed E-state index contributed by atoms with van der Waals surface area (Å²) in [6.45, 7) is 7.66. The fraction of sp³-hybridized carbons (Fsp3) is 0.783. The van der Waals surface area contributed by atoms with Crippen molar-refractivity contribution in [2.24, 2.45) is 5.92 Å². The number of aromatic amines is 1. The quantitative estimate of drug-likeness (QED) is 0.779. The molecule has 3 fully saturated rings. The van der Waals surface area contributed by atoms with Crippen molar-refractivity contribution in [3.8, 4) is 0 Å².